The minimum Gasteiger partial charge on any atom is -0.381 e. The maximum Gasteiger partial charge on any atom is 0.238 e. The Balaban J connectivity index is 2.29. The Morgan fingerprint density at radius 3 is 2.43 bits per heavy atom. The van der Waals surface area contributed by atoms with E-state index in [9.17, 15) is 16.8 Å². The van der Waals surface area contributed by atoms with Gasteiger partial charge in [-0.3, -0.25) is 0 Å². The molecular formula is C13H20N2O4S2. The lowest BCUT2D eigenvalue weighted by Crippen LogP contribution is -2.34. The minimum atomic E-state index is -3.79. The molecule has 0 spiro atoms. The fourth-order valence-corrected chi connectivity index (χ4v) is 5.02. The molecule has 2 unspecified atom stereocenters. The summed E-state index contributed by atoms with van der Waals surface area (Å²) in [5.74, 6) is 0. The van der Waals surface area contributed by atoms with Crippen molar-refractivity contribution in [3.8, 4) is 0 Å². The maximum atomic E-state index is 11.8. The number of nitrogens with two attached hydrogens (primary N) is 1. The van der Waals surface area contributed by atoms with Gasteiger partial charge in [-0.25, -0.2) is 22.0 Å². The van der Waals surface area contributed by atoms with E-state index in [0.717, 1.165) is 12.8 Å². The number of benzene rings is 1. The van der Waals surface area contributed by atoms with Crippen LogP contribution in [0.3, 0.4) is 0 Å². The Bertz CT molecular complexity index is 741. The zero-order valence-electron chi connectivity index (χ0n) is 12.0. The number of sulfonamides is 1. The third-order valence-corrected chi connectivity index (χ3v) is 6.57. The van der Waals surface area contributed by atoms with E-state index in [4.69, 9.17) is 5.14 Å². The quantitative estimate of drug-likeness (QED) is 0.856. The first kappa shape index (κ1) is 16.3. The molecule has 1 aromatic carbocycles. The summed E-state index contributed by atoms with van der Waals surface area (Å²) in [6.07, 6.45) is 3.45. The van der Waals surface area contributed by atoms with E-state index in [-0.39, 0.29) is 10.9 Å². The van der Waals surface area contributed by atoms with Gasteiger partial charge in [0.05, 0.1) is 10.1 Å². The molecule has 2 rings (SSSR count). The number of primary sulfonamides is 1. The van der Waals surface area contributed by atoms with Gasteiger partial charge in [-0.2, -0.15) is 0 Å². The van der Waals surface area contributed by atoms with Crippen LogP contribution in [-0.4, -0.2) is 34.4 Å². The van der Waals surface area contributed by atoms with E-state index >= 15 is 0 Å². The molecule has 0 aromatic heterocycles. The summed E-state index contributed by atoms with van der Waals surface area (Å²) in [6, 6.07) is 4.66. The van der Waals surface area contributed by atoms with E-state index < -0.39 is 25.1 Å². The SMILES string of the molecule is Cc1ccc(NC2CCCC2S(C)(=O)=O)cc1S(N)(=O)=O. The molecule has 0 amide bonds. The van der Waals surface area contributed by atoms with Crippen LogP contribution >= 0.6 is 0 Å². The molecule has 3 N–H and O–H groups in total. The predicted octanol–water partition coefficient (Wildman–Crippen LogP) is 1.02. The molecule has 0 aliphatic heterocycles. The summed E-state index contributed by atoms with van der Waals surface area (Å²) in [7, 11) is -6.91. The van der Waals surface area contributed by atoms with Crippen molar-refractivity contribution in [2.45, 2.75) is 42.4 Å². The van der Waals surface area contributed by atoms with Crippen LogP contribution in [-0.2, 0) is 19.9 Å². The summed E-state index contributed by atoms with van der Waals surface area (Å²) in [6.45, 7) is 1.67. The number of nitrogens with one attached hydrogen (secondary N) is 1. The van der Waals surface area contributed by atoms with Crippen LogP contribution in [0, 0.1) is 6.92 Å². The number of rotatable bonds is 4. The molecule has 2 atom stereocenters. The van der Waals surface area contributed by atoms with Crippen LogP contribution in [0.15, 0.2) is 23.1 Å². The minimum absolute atomic E-state index is 0.0569. The smallest absolute Gasteiger partial charge is 0.238 e. The normalized spacial score (nSPS) is 23.2. The zero-order valence-corrected chi connectivity index (χ0v) is 13.7. The molecule has 1 aliphatic rings. The Morgan fingerprint density at radius 2 is 1.86 bits per heavy atom. The summed E-state index contributed by atoms with van der Waals surface area (Å²) in [5.41, 5.74) is 1.14. The number of aryl methyl sites for hydroxylation is 1. The van der Waals surface area contributed by atoms with Crippen molar-refractivity contribution < 1.29 is 16.8 Å². The highest BCUT2D eigenvalue weighted by atomic mass is 32.2. The highest BCUT2D eigenvalue weighted by molar-refractivity contribution is 7.91. The van der Waals surface area contributed by atoms with Gasteiger partial charge in [0, 0.05) is 18.0 Å². The van der Waals surface area contributed by atoms with Gasteiger partial charge >= 0.3 is 0 Å². The fraction of sp³-hybridized carbons (Fsp3) is 0.538. The van der Waals surface area contributed by atoms with Crippen LogP contribution in [0.1, 0.15) is 24.8 Å². The van der Waals surface area contributed by atoms with Gasteiger partial charge in [0.25, 0.3) is 0 Å². The lowest BCUT2D eigenvalue weighted by Gasteiger charge is -2.21. The van der Waals surface area contributed by atoms with Gasteiger partial charge in [-0.15, -0.1) is 0 Å². The molecule has 118 valence electrons. The topological polar surface area (TPSA) is 106 Å². The molecule has 1 fully saturated rings. The monoisotopic (exact) mass is 332 g/mol. The molecule has 0 bridgehead atoms. The van der Waals surface area contributed by atoms with Gasteiger partial charge in [0.2, 0.25) is 10.0 Å². The van der Waals surface area contributed by atoms with Crippen molar-refractivity contribution in [1.82, 2.24) is 0 Å². The summed E-state index contributed by atoms with van der Waals surface area (Å²) >= 11 is 0. The van der Waals surface area contributed by atoms with Crippen molar-refractivity contribution in [2.24, 2.45) is 5.14 Å². The Morgan fingerprint density at radius 1 is 1.19 bits per heavy atom. The number of hydrogen-bond donors (Lipinski definition) is 2. The van der Waals surface area contributed by atoms with E-state index in [2.05, 4.69) is 5.32 Å². The average molecular weight is 332 g/mol. The second-order valence-electron chi connectivity index (χ2n) is 5.57. The lowest BCUT2D eigenvalue weighted by atomic mass is 10.2. The summed E-state index contributed by atoms with van der Waals surface area (Å²) < 4.78 is 46.6. The molecule has 1 saturated carbocycles. The van der Waals surface area contributed by atoms with Gasteiger partial charge in [-0.05, 0) is 43.9 Å². The molecule has 0 saturated heterocycles. The van der Waals surface area contributed by atoms with Crippen molar-refractivity contribution in [1.29, 1.82) is 0 Å². The van der Waals surface area contributed by atoms with Gasteiger partial charge < -0.3 is 5.32 Å². The summed E-state index contributed by atoms with van der Waals surface area (Å²) in [5, 5.41) is 7.88. The molecule has 1 aliphatic carbocycles. The number of hydrogen-bond acceptors (Lipinski definition) is 5. The highest BCUT2D eigenvalue weighted by Crippen LogP contribution is 2.29. The van der Waals surface area contributed by atoms with Gasteiger partial charge in [0.15, 0.2) is 9.84 Å². The molecule has 1 aromatic rings. The van der Waals surface area contributed by atoms with Crippen molar-refractivity contribution in [2.75, 3.05) is 11.6 Å². The average Bonchev–Trinajstić information content (AvgIpc) is 2.78. The Labute approximate surface area is 125 Å². The first-order valence-corrected chi connectivity index (χ1v) is 10.2. The van der Waals surface area contributed by atoms with Crippen LogP contribution in [0.5, 0.6) is 0 Å². The Hall–Kier alpha value is -1.12. The second-order valence-corrected chi connectivity index (χ2v) is 9.37. The van der Waals surface area contributed by atoms with Crippen LogP contribution in [0.2, 0.25) is 0 Å². The third-order valence-electron chi connectivity index (χ3n) is 3.85. The maximum absolute atomic E-state index is 11.8. The number of sulfone groups is 1. The standard InChI is InChI=1S/C13H20N2O4S2/c1-9-6-7-10(8-13(9)21(14,18)19)15-11-4-3-5-12(11)20(2,16)17/h6-8,11-12,15H,3-5H2,1-2H3,(H2,14,18,19). The highest BCUT2D eigenvalue weighted by Gasteiger charge is 2.34. The molecule has 0 heterocycles. The first-order chi connectivity index (χ1) is 9.59. The summed E-state index contributed by atoms with van der Waals surface area (Å²) in [4.78, 5) is 0.0569. The molecular weight excluding hydrogens is 312 g/mol. The Kier molecular flexibility index (Phi) is 4.32. The van der Waals surface area contributed by atoms with Crippen LogP contribution < -0.4 is 10.5 Å². The van der Waals surface area contributed by atoms with Crippen LogP contribution in [0.25, 0.3) is 0 Å². The van der Waals surface area contributed by atoms with Crippen molar-refractivity contribution >= 4 is 25.5 Å². The van der Waals surface area contributed by atoms with Gasteiger partial charge in [-0.1, -0.05) is 6.07 Å². The molecule has 6 nitrogen and oxygen atoms in total. The second kappa shape index (κ2) is 5.58. The zero-order chi connectivity index (χ0) is 15.8. The van der Waals surface area contributed by atoms with E-state index in [1.165, 1.54) is 12.3 Å². The lowest BCUT2D eigenvalue weighted by molar-refractivity contribution is 0.579. The number of anilines is 1. The van der Waals surface area contributed by atoms with Crippen molar-refractivity contribution in [3.05, 3.63) is 23.8 Å². The molecule has 8 heteroatoms. The largest absolute Gasteiger partial charge is 0.381 e. The first-order valence-electron chi connectivity index (χ1n) is 6.68. The fourth-order valence-electron chi connectivity index (χ4n) is 2.81. The van der Waals surface area contributed by atoms with E-state index in [0.29, 0.717) is 17.7 Å². The van der Waals surface area contributed by atoms with E-state index in [1.54, 1.807) is 19.1 Å². The third kappa shape index (κ3) is 3.75. The van der Waals surface area contributed by atoms with Crippen LogP contribution in [0.4, 0.5) is 5.69 Å². The molecule has 21 heavy (non-hydrogen) atoms. The molecule has 0 radical (unpaired) electrons. The predicted molar refractivity (Wildman–Crippen MR) is 82.4 cm³/mol. The van der Waals surface area contributed by atoms with Gasteiger partial charge in [0.1, 0.15) is 0 Å². The van der Waals surface area contributed by atoms with E-state index in [1.807, 2.05) is 0 Å². The van der Waals surface area contributed by atoms with Crippen molar-refractivity contribution in [3.63, 3.8) is 0 Å².